The summed E-state index contributed by atoms with van der Waals surface area (Å²) in [6.07, 6.45) is 0. The minimum atomic E-state index is -0.612. The molecule has 0 bridgehead atoms. The molecule has 0 unspecified atom stereocenters. The number of ether oxygens (including phenoxy) is 1. The number of hydrogen-bond acceptors (Lipinski definition) is 4. The molecule has 1 N–H and O–H groups in total. The van der Waals surface area contributed by atoms with Crippen molar-refractivity contribution in [2.24, 2.45) is 0 Å². The predicted octanol–water partition coefficient (Wildman–Crippen LogP) is 1.66. The predicted molar refractivity (Wildman–Crippen MR) is 85.7 cm³/mol. The first-order chi connectivity index (χ1) is 11.5. The molecule has 0 spiro atoms. The molecule has 0 aliphatic heterocycles. The van der Waals surface area contributed by atoms with Crippen LogP contribution >= 0.6 is 0 Å². The zero-order chi connectivity index (χ0) is 17.3. The lowest BCUT2D eigenvalue weighted by Crippen LogP contribution is -2.35. The molecular weight excluding hydrogens is 315 g/mol. The van der Waals surface area contributed by atoms with Crippen LogP contribution in [0.3, 0.4) is 0 Å². The van der Waals surface area contributed by atoms with Gasteiger partial charge in [0.2, 0.25) is 0 Å². The molecule has 3 rings (SSSR count). The second kappa shape index (κ2) is 6.11. The number of benzene rings is 2. The summed E-state index contributed by atoms with van der Waals surface area (Å²) in [5, 5.41) is 0.268. The van der Waals surface area contributed by atoms with Gasteiger partial charge < -0.3 is 9.72 Å². The van der Waals surface area contributed by atoms with Gasteiger partial charge in [-0.15, -0.1) is 0 Å². The number of carbonyl (C=O) groups is 1. The highest BCUT2D eigenvalue weighted by atomic mass is 19.1. The van der Waals surface area contributed by atoms with Gasteiger partial charge in [0.05, 0.1) is 30.1 Å². The Hall–Kier alpha value is -3.22. The van der Waals surface area contributed by atoms with Crippen LogP contribution in [-0.2, 0) is 11.3 Å². The fourth-order valence-corrected chi connectivity index (χ4v) is 2.42. The molecular formula is C17H13FN2O4. The maximum atomic E-state index is 13.0. The van der Waals surface area contributed by atoms with Gasteiger partial charge in [0.1, 0.15) is 5.82 Å². The number of carbonyl (C=O) groups excluding carboxylic acids is 1. The molecule has 3 aromatic rings. The lowest BCUT2D eigenvalue weighted by atomic mass is 10.1. The summed E-state index contributed by atoms with van der Waals surface area (Å²) in [6.45, 7) is 0.0170. The van der Waals surface area contributed by atoms with Gasteiger partial charge in [0.15, 0.2) is 0 Å². The van der Waals surface area contributed by atoms with Crippen molar-refractivity contribution < 1.29 is 13.9 Å². The Labute approximate surface area is 135 Å². The Bertz CT molecular complexity index is 1040. The molecule has 0 atom stereocenters. The van der Waals surface area contributed by atoms with Crippen LogP contribution in [0.5, 0.6) is 0 Å². The first-order valence-electron chi connectivity index (χ1n) is 7.09. The summed E-state index contributed by atoms with van der Waals surface area (Å²) >= 11 is 0. The van der Waals surface area contributed by atoms with Crippen LogP contribution in [0.25, 0.3) is 10.9 Å². The minimum absolute atomic E-state index is 0.0170. The largest absolute Gasteiger partial charge is 0.465 e. The van der Waals surface area contributed by atoms with Crippen LogP contribution < -0.4 is 11.2 Å². The molecule has 7 heteroatoms. The number of halogens is 1. The van der Waals surface area contributed by atoms with E-state index in [2.05, 4.69) is 9.72 Å². The van der Waals surface area contributed by atoms with E-state index in [9.17, 15) is 18.8 Å². The topological polar surface area (TPSA) is 81.2 Å². The third kappa shape index (κ3) is 2.83. The smallest absolute Gasteiger partial charge is 0.337 e. The van der Waals surface area contributed by atoms with E-state index < -0.39 is 23.0 Å². The van der Waals surface area contributed by atoms with Gasteiger partial charge in [-0.2, -0.15) is 0 Å². The normalized spacial score (nSPS) is 10.8. The fraction of sp³-hybridized carbons (Fsp3) is 0.118. The van der Waals surface area contributed by atoms with Crippen LogP contribution in [-0.4, -0.2) is 22.6 Å². The molecule has 24 heavy (non-hydrogen) atoms. The van der Waals surface area contributed by atoms with E-state index in [-0.39, 0.29) is 23.0 Å². The van der Waals surface area contributed by atoms with Crippen LogP contribution in [0.4, 0.5) is 4.39 Å². The summed E-state index contributed by atoms with van der Waals surface area (Å²) in [5.41, 5.74) is 0.00227. The Kier molecular flexibility index (Phi) is 3.99. The molecule has 0 radical (unpaired) electrons. The zero-order valence-electron chi connectivity index (χ0n) is 12.7. The maximum Gasteiger partial charge on any atom is 0.337 e. The summed E-state index contributed by atoms with van der Waals surface area (Å²) in [7, 11) is 1.25. The van der Waals surface area contributed by atoms with E-state index in [0.717, 1.165) is 4.57 Å². The lowest BCUT2D eigenvalue weighted by Gasteiger charge is -2.07. The maximum absolute atomic E-state index is 13.0. The van der Waals surface area contributed by atoms with Gasteiger partial charge in [-0.25, -0.2) is 14.0 Å². The SMILES string of the molecule is COC(=O)c1ccc2c(=O)n(Cc3ccc(F)cc3)c(=O)[nH]c2c1. The number of H-pyrrole nitrogens is 1. The van der Waals surface area contributed by atoms with Gasteiger partial charge in [0, 0.05) is 0 Å². The van der Waals surface area contributed by atoms with E-state index in [4.69, 9.17) is 0 Å². The third-order valence-electron chi connectivity index (χ3n) is 3.66. The average Bonchev–Trinajstić information content (AvgIpc) is 2.59. The van der Waals surface area contributed by atoms with Gasteiger partial charge in [-0.3, -0.25) is 9.36 Å². The molecule has 2 aromatic carbocycles. The molecule has 1 aromatic heterocycles. The highest BCUT2D eigenvalue weighted by Crippen LogP contribution is 2.11. The first-order valence-corrected chi connectivity index (χ1v) is 7.09. The Balaban J connectivity index is 2.10. The lowest BCUT2D eigenvalue weighted by molar-refractivity contribution is 0.0601. The fourth-order valence-electron chi connectivity index (χ4n) is 2.42. The van der Waals surface area contributed by atoms with Crippen LogP contribution in [0.2, 0.25) is 0 Å². The Morgan fingerprint density at radius 3 is 2.54 bits per heavy atom. The van der Waals surface area contributed by atoms with Gasteiger partial charge in [-0.1, -0.05) is 12.1 Å². The second-order valence-electron chi connectivity index (χ2n) is 5.20. The number of aromatic nitrogens is 2. The quantitative estimate of drug-likeness (QED) is 0.742. The van der Waals surface area contributed by atoms with Crippen molar-refractivity contribution in [2.45, 2.75) is 6.54 Å². The number of hydrogen-bond donors (Lipinski definition) is 1. The average molecular weight is 328 g/mol. The Morgan fingerprint density at radius 1 is 1.17 bits per heavy atom. The van der Waals surface area contributed by atoms with Crippen molar-refractivity contribution >= 4 is 16.9 Å². The van der Waals surface area contributed by atoms with E-state index in [1.54, 1.807) is 0 Å². The number of rotatable bonds is 3. The number of nitrogens with zero attached hydrogens (tertiary/aromatic N) is 1. The van der Waals surface area contributed by atoms with Gasteiger partial charge in [0.25, 0.3) is 5.56 Å². The number of methoxy groups -OCH3 is 1. The van der Waals surface area contributed by atoms with E-state index >= 15 is 0 Å². The van der Waals surface area contributed by atoms with Gasteiger partial charge >= 0.3 is 11.7 Å². The van der Waals surface area contributed by atoms with Gasteiger partial charge in [-0.05, 0) is 35.9 Å². The molecule has 0 amide bonds. The molecule has 0 saturated carbocycles. The monoisotopic (exact) mass is 328 g/mol. The van der Waals surface area contributed by atoms with E-state index in [1.807, 2.05) is 0 Å². The first kappa shape index (κ1) is 15.7. The van der Waals surface area contributed by atoms with Crippen molar-refractivity contribution in [3.05, 3.63) is 80.2 Å². The standard InChI is InChI=1S/C17H13FN2O4/c1-24-16(22)11-4-7-13-14(8-11)19-17(23)20(15(13)21)9-10-2-5-12(18)6-3-10/h2-8H,9H2,1H3,(H,19,23). The van der Waals surface area contributed by atoms with E-state index in [1.165, 1.54) is 49.6 Å². The highest BCUT2D eigenvalue weighted by molar-refractivity contribution is 5.93. The number of esters is 1. The molecule has 1 heterocycles. The number of nitrogens with one attached hydrogen (secondary N) is 1. The van der Waals surface area contributed by atoms with Crippen molar-refractivity contribution in [1.29, 1.82) is 0 Å². The molecule has 0 saturated heterocycles. The molecule has 122 valence electrons. The molecule has 6 nitrogen and oxygen atoms in total. The summed E-state index contributed by atoms with van der Waals surface area (Å²) < 4.78 is 18.6. The Morgan fingerprint density at radius 2 is 1.88 bits per heavy atom. The van der Waals surface area contributed by atoms with Crippen LogP contribution in [0, 0.1) is 5.82 Å². The van der Waals surface area contributed by atoms with E-state index in [0.29, 0.717) is 5.56 Å². The van der Waals surface area contributed by atoms with Crippen molar-refractivity contribution in [3.63, 3.8) is 0 Å². The molecule has 0 aliphatic carbocycles. The van der Waals surface area contributed by atoms with Crippen molar-refractivity contribution in [1.82, 2.24) is 9.55 Å². The highest BCUT2D eigenvalue weighted by Gasteiger charge is 2.11. The summed E-state index contributed by atoms with van der Waals surface area (Å²) in [6, 6.07) is 9.84. The third-order valence-corrected chi connectivity index (χ3v) is 3.66. The molecule has 0 aliphatic rings. The van der Waals surface area contributed by atoms with Crippen molar-refractivity contribution in [2.75, 3.05) is 7.11 Å². The summed E-state index contributed by atoms with van der Waals surface area (Å²) in [5.74, 6) is -0.956. The number of aromatic amines is 1. The minimum Gasteiger partial charge on any atom is -0.465 e. The van der Waals surface area contributed by atoms with Crippen molar-refractivity contribution in [3.8, 4) is 0 Å². The summed E-state index contributed by atoms with van der Waals surface area (Å²) in [4.78, 5) is 38.8. The number of fused-ring (bicyclic) bond motifs is 1. The van der Waals surface area contributed by atoms with Crippen LogP contribution in [0.15, 0.2) is 52.1 Å². The van der Waals surface area contributed by atoms with Crippen LogP contribution in [0.1, 0.15) is 15.9 Å². The zero-order valence-corrected chi connectivity index (χ0v) is 12.7. The molecule has 0 fully saturated rings. The second-order valence-corrected chi connectivity index (χ2v) is 5.20.